The summed E-state index contributed by atoms with van der Waals surface area (Å²) in [6, 6.07) is -0.809. The van der Waals surface area contributed by atoms with Crippen LogP contribution in [-0.2, 0) is 14.3 Å². The number of nitrogens with one attached hydrogen (secondary N) is 1. The van der Waals surface area contributed by atoms with Gasteiger partial charge >= 0.3 is 0 Å². The second-order valence-corrected chi connectivity index (χ2v) is 21.1. The van der Waals surface area contributed by atoms with Crippen molar-refractivity contribution in [1.29, 1.82) is 0 Å². The van der Waals surface area contributed by atoms with Gasteiger partial charge in [0.1, 0.15) is 24.4 Å². The summed E-state index contributed by atoms with van der Waals surface area (Å²) >= 11 is 0. The largest absolute Gasteiger partial charge is 0.394 e. The summed E-state index contributed by atoms with van der Waals surface area (Å²) in [5.74, 6) is -0.178. The monoisotopic (exact) mass is 1030 g/mol. The molecule has 1 aliphatic heterocycles. The zero-order valence-corrected chi connectivity index (χ0v) is 47.1. The van der Waals surface area contributed by atoms with Gasteiger partial charge in [-0.05, 0) is 64.2 Å². The van der Waals surface area contributed by atoms with Gasteiger partial charge < -0.3 is 40.3 Å². The molecule has 0 aromatic heterocycles. The predicted molar refractivity (Wildman–Crippen MR) is 309 cm³/mol. The standard InChI is InChI=1S/C64H115NO8/c1-3-5-7-9-11-13-15-17-19-21-23-25-26-27-28-29-30-31-32-34-36-38-40-42-44-46-48-50-52-54-60(68)65-57(56-72-64-63(71)62(70)61(69)59(55-66)73-64)58(67)53-51-49-47-45-43-41-39-37-35-33-24-22-20-18-16-14-12-10-8-6-4-2/h5,7,11,13,17,19,23,25,27-28,51,53,57-59,61-64,66-67,69-71H,3-4,6,8-10,12,14-16,18,20-22,24,26,29-50,52,54-56H2,1-2H3,(H,65,68)/b7-5-,13-11-,19-17-,25-23-,28-27-,53-51+. The second kappa shape index (κ2) is 53.0. The van der Waals surface area contributed by atoms with E-state index in [0.717, 1.165) is 70.6 Å². The van der Waals surface area contributed by atoms with Crippen molar-refractivity contribution in [3.05, 3.63) is 72.9 Å². The van der Waals surface area contributed by atoms with Gasteiger partial charge in [-0.15, -0.1) is 0 Å². The van der Waals surface area contributed by atoms with Crippen molar-refractivity contribution < 1.29 is 39.8 Å². The molecule has 0 spiro atoms. The van der Waals surface area contributed by atoms with Crippen LogP contribution in [0.4, 0.5) is 0 Å². The Morgan fingerprint density at radius 1 is 0.479 bits per heavy atom. The fourth-order valence-electron chi connectivity index (χ4n) is 9.48. The van der Waals surface area contributed by atoms with Gasteiger partial charge in [0.25, 0.3) is 0 Å². The van der Waals surface area contributed by atoms with Gasteiger partial charge in [0, 0.05) is 6.42 Å². The van der Waals surface area contributed by atoms with Crippen LogP contribution in [-0.4, -0.2) is 87.5 Å². The molecule has 1 aliphatic rings. The maximum absolute atomic E-state index is 13.1. The maximum Gasteiger partial charge on any atom is 0.220 e. The number of allylic oxidation sites excluding steroid dienone is 11. The summed E-state index contributed by atoms with van der Waals surface area (Å²) < 4.78 is 11.3. The fourth-order valence-corrected chi connectivity index (χ4v) is 9.48. The Morgan fingerprint density at radius 2 is 0.849 bits per heavy atom. The third-order valence-electron chi connectivity index (χ3n) is 14.3. The molecule has 1 fully saturated rings. The highest BCUT2D eigenvalue weighted by Gasteiger charge is 2.44. The number of rotatable bonds is 52. The molecule has 7 unspecified atom stereocenters. The lowest BCUT2D eigenvalue weighted by atomic mass is 9.99. The summed E-state index contributed by atoms with van der Waals surface area (Å²) in [6.07, 6.45) is 66.8. The quantitative estimate of drug-likeness (QED) is 0.0261. The first-order valence-electron chi connectivity index (χ1n) is 30.7. The summed E-state index contributed by atoms with van der Waals surface area (Å²) in [5, 5.41) is 54.6. The third kappa shape index (κ3) is 42.4. The van der Waals surface area contributed by atoms with Crippen molar-refractivity contribution >= 4 is 5.91 Å². The lowest BCUT2D eigenvalue weighted by Gasteiger charge is -2.40. The molecule has 0 aliphatic carbocycles. The van der Waals surface area contributed by atoms with E-state index < -0.39 is 49.5 Å². The van der Waals surface area contributed by atoms with E-state index in [2.05, 4.69) is 79.9 Å². The first-order chi connectivity index (χ1) is 35.8. The molecule has 1 rings (SSSR count). The molecule has 1 amide bonds. The molecule has 424 valence electrons. The van der Waals surface area contributed by atoms with Crippen molar-refractivity contribution in [3.8, 4) is 0 Å². The van der Waals surface area contributed by atoms with Crippen molar-refractivity contribution in [3.63, 3.8) is 0 Å². The SMILES string of the molecule is CC/C=C\C/C=C\C/C=C\C/C=C\C/C=C\CCCCCCCCCCCCCCCC(=O)NC(COC1OC(CO)C(O)C(O)C1O)C(O)/C=C/CCCCCCCCCCCCCCCCCCCCC. The van der Waals surface area contributed by atoms with Crippen LogP contribution < -0.4 is 5.32 Å². The lowest BCUT2D eigenvalue weighted by Crippen LogP contribution is -2.60. The Kier molecular flexibility index (Phi) is 49.9. The lowest BCUT2D eigenvalue weighted by molar-refractivity contribution is -0.302. The van der Waals surface area contributed by atoms with Crippen LogP contribution in [0.2, 0.25) is 0 Å². The highest BCUT2D eigenvalue weighted by Crippen LogP contribution is 2.23. The van der Waals surface area contributed by atoms with Gasteiger partial charge in [0.15, 0.2) is 6.29 Å². The van der Waals surface area contributed by atoms with Crippen LogP contribution in [0.15, 0.2) is 72.9 Å². The summed E-state index contributed by atoms with van der Waals surface area (Å²) in [6.45, 7) is 3.69. The van der Waals surface area contributed by atoms with Gasteiger partial charge in [-0.3, -0.25) is 4.79 Å². The molecule has 0 aromatic rings. The van der Waals surface area contributed by atoms with E-state index in [1.807, 2.05) is 6.08 Å². The molecule has 0 aromatic carbocycles. The molecular weight excluding hydrogens is 911 g/mol. The van der Waals surface area contributed by atoms with E-state index in [1.54, 1.807) is 6.08 Å². The van der Waals surface area contributed by atoms with E-state index in [1.165, 1.54) is 180 Å². The van der Waals surface area contributed by atoms with Crippen LogP contribution in [0, 0.1) is 0 Å². The summed E-state index contributed by atoms with van der Waals surface area (Å²) in [4.78, 5) is 13.1. The van der Waals surface area contributed by atoms with Crippen molar-refractivity contribution in [2.24, 2.45) is 0 Å². The van der Waals surface area contributed by atoms with E-state index in [0.29, 0.717) is 6.42 Å². The minimum absolute atomic E-state index is 0.178. The molecule has 1 heterocycles. The van der Waals surface area contributed by atoms with Gasteiger partial charge in [0.2, 0.25) is 5.91 Å². The average molecular weight is 1030 g/mol. The number of carbonyl (C=O) groups excluding carboxylic acids is 1. The number of ether oxygens (including phenoxy) is 2. The van der Waals surface area contributed by atoms with E-state index in [9.17, 15) is 30.3 Å². The number of amides is 1. The first kappa shape index (κ1) is 68.6. The van der Waals surface area contributed by atoms with Gasteiger partial charge in [-0.2, -0.15) is 0 Å². The van der Waals surface area contributed by atoms with E-state index in [-0.39, 0.29) is 12.5 Å². The molecule has 6 N–H and O–H groups in total. The third-order valence-corrected chi connectivity index (χ3v) is 14.3. The first-order valence-corrected chi connectivity index (χ1v) is 30.7. The minimum Gasteiger partial charge on any atom is -0.394 e. The average Bonchev–Trinajstić information content (AvgIpc) is 3.39. The van der Waals surface area contributed by atoms with Crippen LogP contribution in [0.1, 0.15) is 271 Å². The summed E-state index contributed by atoms with van der Waals surface area (Å²) in [7, 11) is 0. The molecular formula is C64H115NO8. The molecule has 73 heavy (non-hydrogen) atoms. The highest BCUT2D eigenvalue weighted by molar-refractivity contribution is 5.76. The predicted octanol–water partition coefficient (Wildman–Crippen LogP) is 15.6. The van der Waals surface area contributed by atoms with Crippen LogP contribution in [0.5, 0.6) is 0 Å². The number of unbranched alkanes of at least 4 members (excludes halogenated alkanes) is 32. The van der Waals surface area contributed by atoms with Crippen LogP contribution in [0.3, 0.4) is 0 Å². The maximum atomic E-state index is 13.1. The number of hydrogen-bond acceptors (Lipinski definition) is 8. The topological polar surface area (TPSA) is 149 Å². The Morgan fingerprint density at radius 3 is 1.26 bits per heavy atom. The minimum atomic E-state index is -1.57. The zero-order valence-electron chi connectivity index (χ0n) is 47.1. The zero-order chi connectivity index (χ0) is 52.9. The molecule has 9 nitrogen and oxygen atoms in total. The number of carbonyl (C=O) groups is 1. The molecule has 0 saturated carbocycles. The molecule has 0 radical (unpaired) electrons. The molecule has 7 atom stereocenters. The Hall–Kier alpha value is -2.37. The fraction of sp³-hybridized carbons (Fsp3) is 0.797. The smallest absolute Gasteiger partial charge is 0.220 e. The van der Waals surface area contributed by atoms with Gasteiger partial charge in [-0.1, -0.05) is 273 Å². The Bertz CT molecular complexity index is 1380. The summed E-state index contributed by atoms with van der Waals surface area (Å²) in [5.41, 5.74) is 0. The van der Waals surface area contributed by atoms with Gasteiger partial charge in [0.05, 0.1) is 25.4 Å². The number of hydrogen-bond donors (Lipinski definition) is 6. The van der Waals surface area contributed by atoms with E-state index in [4.69, 9.17) is 9.47 Å². The number of aliphatic hydroxyl groups is 5. The Balaban J connectivity index is 2.19. The Labute approximate surface area is 448 Å². The van der Waals surface area contributed by atoms with Crippen molar-refractivity contribution in [1.82, 2.24) is 5.32 Å². The van der Waals surface area contributed by atoms with Crippen LogP contribution >= 0.6 is 0 Å². The van der Waals surface area contributed by atoms with Gasteiger partial charge in [-0.25, -0.2) is 0 Å². The van der Waals surface area contributed by atoms with Crippen molar-refractivity contribution in [2.45, 2.75) is 314 Å². The molecule has 9 heteroatoms. The van der Waals surface area contributed by atoms with E-state index >= 15 is 0 Å². The highest BCUT2D eigenvalue weighted by atomic mass is 16.7. The molecule has 1 saturated heterocycles. The normalized spacial score (nSPS) is 19.6. The van der Waals surface area contributed by atoms with Crippen LogP contribution in [0.25, 0.3) is 0 Å². The number of aliphatic hydroxyl groups excluding tert-OH is 5. The second-order valence-electron chi connectivity index (χ2n) is 21.1. The molecule has 0 bridgehead atoms. The van der Waals surface area contributed by atoms with Crippen molar-refractivity contribution in [2.75, 3.05) is 13.2 Å².